The summed E-state index contributed by atoms with van der Waals surface area (Å²) in [6.07, 6.45) is 2.85. The molecule has 0 fully saturated rings. The maximum Gasteiger partial charge on any atom is 0.311 e. The summed E-state index contributed by atoms with van der Waals surface area (Å²) >= 11 is 0. The SMILES string of the molecule is COc1ccc2c(c1)CCC(NC(=O)c1ccc(Oc3cc4c(cc3C#N)C(C(=O)O)CCO4)cc1)C2. The number of ether oxygens (including phenoxy) is 3. The van der Waals surface area contributed by atoms with Crippen LogP contribution in [0, 0.1) is 11.3 Å². The first-order valence-electron chi connectivity index (χ1n) is 12.1. The smallest absolute Gasteiger partial charge is 0.311 e. The third kappa shape index (κ3) is 5.07. The highest BCUT2D eigenvalue weighted by molar-refractivity contribution is 5.94. The van der Waals surface area contributed by atoms with E-state index in [1.54, 1.807) is 37.4 Å². The van der Waals surface area contributed by atoms with Gasteiger partial charge in [0, 0.05) is 23.2 Å². The van der Waals surface area contributed by atoms with Gasteiger partial charge in [-0.3, -0.25) is 9.59 Å². The van der Waals surface area contributed by atoms with Crippen molar-refractivity contribution in [2.75, 3.05) is 13.7 Å². The van der Waals surface area contributed by atoms with E-state index in [1.165, 1.54) is 17.2 Å². The maximum atomic E-state index is 12.9. The number of methoxy groups -OCH3 is 1. The van der Waals surface area contributed by atoms with Crippen LogP contribution < -0.4 is 19.5 Å². The Morgan fingerprint density at radius 2 is 1.84 bits per heavy atom. The Morgan fingerprint density at radius 1 is 1.05 bits per heavy atom. The van der Waals surface area contributed by atoms with E-state index in [2.05, 4.69) is 23.5 Å². The van der Waals surface area contributed by atoms with E-state index >= 15 is 0 Å². The second-order valence-electron chi connectivity index (χ2n) is 9.20. The number of hydrogen-bond donors (Lipinski definition) is 2. The molecule has 2 aliphatic rings. The summed E-state index contributed by atoms with van der Waals surface area (Å²) < 4.78 is 16.8. The van der Waals surface area contributed by atoms with Crippen LogP contribution in [-0.2, 0) is 17.6 Å². The molecule has 37 heavy (non-hydrogen) atoms. The molecule has 1 heterocycles. The summed E-state index contributed by atoms with van der Waals surface area (Å²) in [5.74, 6) is 0.125. The Bertz CT molecular complexity index is 1390. The van der Waals surface area contributed by atoms with Crippen LogP contribution >= 0.6 is 0 Å². The molecule has 188 valence electrons. The lowest BCUT2D eigenvalue weighted by molar-refractivity contribution is -0.139. The number of carbonyl (C=O) groups excluding carboxylic acids is 1. The summed E-state index contributed by atoms with van der Waals surface area (Å²) in [5, 5.41) is 22.2. The molecule has 3 aromatic carbocycles. The largest absolute Gasteiger partial charge is 0.497 e. The fraction of sp³-hybridized carbons (Fsp3) is 0.276. The third-order valence-corrected chi connectivity index (χ3v) is 6.89. The van der Waals surface area contributed by atoms with Gasteiger partial charge in [-0.25, -0.2) is 0 Å². The molecule has 2 unspecified atom stereocenters. The monoisotopic (exact) mass is 498 g/mol. The number of benzene rings is 3. The molecular weight excluding hydrogens is 472 g/mol. The molecule has 2 N–H and O–H groups in total. The van der Waals surface area contributed by atoms with Crippen molar-refractivity contribution >= 4 is 11.9 Å². The number of carboxylic acids is 1. The van der Waals surface area contributed by atoms with E-state index in [9.17, 15) is 20.0 Å². The van der Waals surface area contributed by atoms with Crippen LogP contribution in [-0.4, -0.2) is 36.7 Å². The molecule has 0 spiro atoms. The number of fused-ring (bicyclic) bond motifs is 2. The van der Waals surface area contributed by atoms with Gasteiger partial charge in [-0.2, -0.15) is 5.26 Å². The van der Waals surface area contributed by atoms with Gasteiger partial charge < -0.3 is 24.6 Å². The number of carbonyl (C=O) groups is 2. The van der Waals surface area contributed by atoms with E-state index in [1.807, 2.05) is 6.07 Å². The molecule has 1 amide bonds. The molecule has 3 aromatic rings. The van der Waals surface area contributed by atoms with Gasteiger partial charge in [0.05, 0.1) is 25.2 Å². The lowest BCUT2D eigenvalue weighted by atomic mass is 9.88. The van der Waals surface area contributed by atoms with Crippen molar-refractivity contribution in [2.45, 2.75) is 37.6 Å². The highest BCUT2D eigenvalue weighted by Crippen LogP contribution is 2.39. The van der Waals surface area contributed by atoms with Gasteiger partial charge in [0.1, 0.15) is 29.1 Å². The summed E-state index contributed by atoms with van der Waals surface area (Å²) in [6.45, 7) is 0.278. The summed E-state index contributed by atoms with van der Waals surface area (Å²) in [4.78, 5) is 24.4. The number of rotatable bonds is 6. The van der Waals surface area contributed by atoms with Crippen molar-refractivity contribution in [3.05, 3.63) is 82.4 Å². The standard InChI is InChI=1S/C29H26N2O6/c1-35-23-9-5-18-12-21(6-2-19(18)13-23)31-28(32)17-3-7-22(8-4-17)37-26-15-27-25(14-20(26)16-30)24(29(33)34)10-11-36-27/h3-5,7-9,13-15,21,24H,2,6,10-12H2,1H3,(H,31,32)(H,33,34). The highest BCUT2D eigenvalue weighted by Gasteiger charge is 2.29. The predicted molar refractivity (Wildman–Crippen MR) is 134 cm³/mol. The summed E-state index contributed by atoms with van der Waals surface area (Å²) in [7, 11) is 1.66. The van der Waals surface area contributed by atoms with Gasteiger partial charge in [-0.05, 0) is 79.3 Å². The fourth-order valence-corrected chi connectivity index (χ4v) is 4.90. The van der Waals surface area contributed by atoms with E-state index in [0.717, 1.165) is 25.0 Å². The van der Waals surface area contributed by atoms with E-state index in [-0.39, 0.29) is 29.9 Å². The lowest BCUT2D eigenvalue weighted by Crippen LogP contribution is -2.38. The zero-order valence-corrected chi connectivity index (χ0v) is 20.3. The number of carboxylic acid groups (broad SMARTS) is 1. The number of hydrogen-bond acceptors (Lipinski definition) is 6. The van der Waals surface area contributed by atoms with Crippen LogP contribution in [0.2, 0.25) is 0 Å². The van der Waals surface area contributed by atoms with Crippen molar-refractivity contribution in [3.8, 4) is 29.1 Å². The first-order chi connectivity index (χ1) is 17.9. The molecule has 0 radical (unpaired) electrons. The fourth-order valence-electron chi connectivity index (χ4n) is 4.90. The minimum absolute atomic E-state index is 0.0487. The summed E-state index contributed by atoms with van der Waals surface area (Å²) in [6, 6.07) is 17.9. The molecular formula is C29H26N2O6. The summed E-state index contributed by atoms with van der Waals surface area (Å²) in [5.41, 5.74) is 3.67. The Kier molecular flexibility index (Phi) is 6.69. The van der Waals surface area contributed by atoms with Crippen molar-refractivity contribution < 1.29 is 28.9 Å². The second kappa shape index (κ2) is 10.2. The predicted octanol–water partition coefficient (Wildman–Crippen LogP) is 4.60. The number of aliphatic carboxylic acids is 1. The molecule has 0 bridgehead atoms. The van der Waals surface area contributed by atoms with Crippen LogP contribution in [0.15, 0.2) is 54.6 Å². The van der Waals surface area contributed by atoms with Crippen LogP contribution in [0.25, 0.3) is 0 Å². The lowest BCUT2D eigenvalue weighted by Gasteiger charge is -2.26. The average molecular weight is 499 g/mol. The molecule has 8 nitrogen and oxygen atoms in total. The number of amides is 1. The van der Waals surface area contributed by atoms with Gasteiger partial charge in [0.15, 0.2) is 0 Å². The first kappa shape index (κ1) is 24.2. The average Bonchev–Trinajstić information content (AvgIpc) is 2.92. The quantitative estimate of drug-likeness (QED) is 0.510. The molecule has 0 saturated carbocycles. The van der Waals surface area contributed by atoms with Crippen LogP contribution in [0.5, 0.6) is 23.0 Å². The molecule has 1 aliphatic carbocycles. The van der Waals surface area contributed by atoms with Crippen LogP contribution in [0.1, 0.15) is 51.4 Å². The molecule has 2 atom stereocenters. The number of nitrogens with one attached hydrogen (secondary N) is 1. The Labute approximate surface area is 214 Å². The van der Waals surface area contributed by atoms with Gasteiger partial charge in [-0.1, -0.05) is 6.07 Å². The van der Waals surface area contributed by atoms with Crippen molar-refractivity contribution in [1.29, 1.82) is 5.26 Å². The molecule has 0 saturated heterocycles. The molecule has 8 heteroatoms. The van der Waals surface area contributed by atoms with Gasteiger partial charge in [-0.15, -0.1) is 0 Å². The Morgan fingerprint density at radius 3 is 2.57 bits per heavy atom. The topological polar surface area (TPSA) is 118 Å². The first-order valence-corrected chi connectivity index (χ1v) is 12.1. The van der Waals surface area contributed by atoms with Crippen molar-refractivity contribution in [3.63, 3.8) is 0 Å². The number of aryl methyl sites for hydroxylation is 1. The molecule has 1 aliphatic heterocycles. The molecule has 5 rings (SSSR count). The van der Waals surface area contributed by atoms with Crippen LogP contribution in [0.4, 0.5) is 0 Å². The Hall–Kier alpha value is -4.51. The van der Waals surface area contributed by atoms with Gasteiger partial charge in [0.2, 0.25) is 0 Å². The second-order valence-corrected chi connectivity index (χ2v) is 9.20. The van der Waals surface area contributed by atoms with E-state index < -0.39 is 11.9 Å². The zero-order chi connectivity index (χ0) is 25.9. The van der Waals surface area contributed by atoms with E-state index in [0.29, 0.717) is 29.0 Å². The minimum atomic E-state index is -0.950. The molecule has 0 aromatic heterocycles. The normalized spacial score (nSPS) is 17.8. The van der Waals surface area contributed by atoms with E-state index in [4.69, 9.17) is 14.2 Å². The number of nitrogens with zero attached hydrogens (tertiary/aromatic N) is 1. The maximum absolute atomic E-state index is 12.9. The Balaban J connectivity index is 1.26. The highest BCUT2D eigenvalue weighted by atomic mass is 16.5. The minimum Gasteiger partial charge on any atom is -0.497 e. The zero-order valence-electron chi connectivity index (χ0n) is 20.3. The van der Waals surface area contributed by atoms with Crippen molar-refractivity contribution in [1.82, 2.24) is 5.32 Å². The van der Waals surface area contributed by atoms with Gasteiger partial charge >= 0.3 is 5.97 Å². The van der Waals surface area contributed by atoms with Crippen LogP contribution in [0.3, 0.4) is 0 Å². The third-order valence-electron chi connectivity index (χ3n) is 6.89. The van der Waals surface area contributed by atoms with Crippen molar-refractivity contribution in [2.24, 2.45) is 0 Å². The number of nitriles is 1. The van der Waals surface area contributed by atoms with Gasteiger partial charge in [0.25, 0.3) is 5.91 Å².